The lowest BCUT2D eigenvalue weighted by Crippen LogP contribution is -2.48. The third kappa shape index (κ3) is 4.54. The molecule has 0 radical (unpaired) electrons. The topological polar surface area (TPSA) is 110 Å². The molecule has 0 bridgehead atoms. The third-order valence-electron chi connectivity index (χ3n) is 6.21. The Kier molecular flexibility index (Phi) is 6.14. The fraction of sp³-hybridized carbons (Fsp3) is 0.600. The van der Waals surface area contributed by atoms with E-state index < -0.39 is 10.0 Å². The minimum absolute atomic E-state index is 0.0107. The monoisotopic (exact) mass is 432 g/mol. The molecule has 10 heteroatoms. The van der Waals surface area contributed by atoms with Gasteiger partial charge in [-0.15, -0.1) is 5.10 Å². The maximum absolute atomic E-state index is 13.1. The predicted molar refractivity (Wildman–Crippen MR) is 110 cm³/mol. The van der Waals surface area contributed by atoms with E-state index >= 15 is 0 Å². The van der Waals surface area contributed by atoms with Crippen molar-refractivity contribution >= 4 is 15.9 Å². The Bertz CT molecular complexity index is 953. The van der Waals surface area contributed by atoms with Gasteiger partial charge in [-0.3, -0.25) is 4.79 Å². The highest BCUT2D eigenvalue weighted by Gasteiger charge is 2.34. The number of hydrogen-bond acceptors (Lipinski definition) is 6. The number of hydrogen-bond donors (Lipinski definition) is 1. The second kappa shape index (κ2) is 8.81. The fourth-order valence-corrected chi connectivity index (χ4v) is 5.82. The Morgan fingerprint density at radius 1 is 1.10 bits per heavy atom. The molecule has 1 atom stereocenters. The van der Waals surface area contributed by atoms with Crippen molar-refractivity contribution in [2.45, 2.75) is 56.4 Å². The first kappa shape index (κ1) is 20.9. The number of piperidine rings is 1. The van der Waals surface area contributed by atoms with E-state index in [-0.39, 0.29) is 29.3 Å². The number of carbonyl (C=O) groups is 1. The first-order valence-corrected chi connectivity index (χ1v) is 12.0. The number of aromatic nitrogens is 4. The summed E-state index contributed by atoms with van der Waals surface area (Å²) in [6, 6.07) is 6.67. The van der Waals surface area contributed by atoms with Crippen molar-refractivity contribution in [2.75, 3.05) is 13.1 Å². The zero-order chi connectivity index (χ0) is 21.1. The molecule has 162 valence electrons. The summed E-state index contributed by atoms with van der Waals surface area (Å²) in [5.41, 5.74) is 0.677. The van der Waals surface area contributed by atoms with Gasteiger partial charge in [0.1, 0.15) is 6.33 Å². The highest BCUT2D eigenvalue weighted by atomic mass is 32.2. The molecule has 2 heterocycles. The molecular formula is C20H28N6O3S. The summed E-state index contributed by atoms with van der Waals surface area (Å²) >= 11 is 0. The number of tetrazole rings is 1. The van der Waals surface area contributed by atoms with Crippen LogP contribution >= 0.6 is 0 Å². The van der Waals surface area contributed by atoms with Crippen LogP contribution < -0.4 is 5.32 Å². The van der Waals surface area contributed by atoms with Gasteiger partial charge >= 0.3 is 0 Å². The summed E-state index contributed by atoms with van der Waals surface area (Å²) in [4.78, 5) is 13.0. The van der Waals surface area contributed by atoms with Crippen LogP contribution in [0.1, 0.15) is 45.4 Å². The highest BCUT2D eigenvalue weighted by Crippen LogP contribution is 2.27. The Labute approximate surface area is 176 Å². The Morgan fingerprint density at radius 3 is 2.50 bits per heavy atom. The molecule has 2 fully saturated rings. The van der Waals surface area contributed by atoms with Gasteiger partial charge < -0.3 is 5.32 Å². The summed E-state index contributed by atoms with van der Waals surface area (Å²) in [6.45, 7) is 2.91. The Hall–Kier alpha value is -2.33. The van der Waals surface area contributed by atoms with Gasteiger partial charge in [0.15, 0.2) is 0 Å². The number of benzene rings is 1. The zero-order valence-corrected chi connectivity index (χ0v) is 18.0. The van der Waals surface area contributed by atoms with E-state index in [0.717, 1.165) is 38.0 Å². The molecule has 2 aromatic rings. The second-order valence-electron chi connectivity index (χ2n) is 8.42. The number of rotatable bonds is 5. The quantitative estimate of drug-likeness (QED) is 0.771. The van der Waals surface area contributed by atoms with E-state index in [1.165, 1.54) is 15.3 Å². The summed E-state index contributed by atoms with van der Waals surface area (Å²) < 4.78 is 29.2. The molecule has 0 spiro atoms. The lowest BCUT2D eigenvalue weighted by molar-refractivity contribution is -0.127. The van der Waals surface area contributed by atoms with Crippen LogP contribution in [0.2, 0.25) is 0 Å². The van der Waals surface area contributed by atoms with Gasteiger partial charge in [-0.05, 0) is 79.1 Å². The highest BCUT2D eigenvalue weighted by molar-refractivity contribution is 7.89. The molecule has 2 aliphatic rings. The summed E-state index contributed by atoms with van der Waals surface area (Å²) in [6.07, 6.45) is 7.14. The number of nitrogens with one attached hydrogen (secondary N) is 1. The standard InChI is InChI=1S/C20H28N6O3S/c1-15-4-6-17(7-5-15)22-20(27)16-3-2-12-25(13-16)30(28,29)19-10-8-18(9-11-19)26-14-21-23-24-26/h8-11,14-17H,2-7,12-13H2,1H3,(H,22,27). The molecule has 1 aromatic carbocycles. The van der Waals surface area contributed by atoms with Crippen molar-refractivity contribution in [2.24, 2.45) is 11.8 Å². The van der Waals surface area contributed by atoms with Crippen LogP contribution in [0.5, 0.6) is 0 Å². The summed E-state index contributed by atoms with van der Waals surface area (Å²) in [5, 5.41) is 14.1. The van der Waals surface area contributed by atoms with E-state index in [0.29, 0.717) is 18.7 Å². The average Bonchev–Trinajstić information content (AvgIpc) is 3.30. The van der Waals surface area contributed by atoms with Crippen molar-refractivity contribution in [3.05, 3.63) is 30.6 Å². The minimum atomic E-state index is -3.66. The maximum atomic E-state index is 13.1. The number of sulfonamides is 1. The zero-order valence-electron chi connectivity index (χ0n) is 17.1. The van der Waals surface area contributed by atoms with Crippen LogP contribution in [0.3, 0.4) is 0 Å². The van der Waals surface area contributed by atoms with E-state index in [1.54, 1.807) is 24.3 Å². The van der Waals surface area contributed by atoms with Crippen molar-refractivity contribution in [3.8, 4) is 5.69 Å². The summed E-state index contributed by atoms with van der Waals surface area (Å²) in [5.74, 6) is 0.414. The smallest absolute Gasteiger partial charge is 0.243 e. The van der Waals surface area contributed by atoms with Gasteiger partial charge in [0.25, 0.3) is 0 Å². The second-order valence-corrected chi connectivity index (χ2v) is 10.4. The molecule has 1 saturated heterocycles. The van der Waals surface area contributed by atoms with Crippen molar-refractivity contribution < 1.29 is 13.2 Å². The van der Waals surface area contributed by atoms with E-state index in [4.69, 9.17) is 0 Å². The van der Waals surface area contributed by atoms with Crippen molar-refractivity contribution in [1.82, 2.24) is 29.8 Å². The van der Waals surface area contributed by atoms with E-state index in [1.807, 2.05) is 0 Å². The molecule has 4 rings (SSSR count). The van der Waals surface area contributed by atoms with Crippen LogP contribution in [0, 0.1) is 11.8 Å². The molecule has 30 heavy (non-hydrogen) atoms. The van der Waals surface area contributed by atoms with Crippen LogP contribution in [0.4, 0.5) is 0 Å². The van der Waals surface area contributed by atoms with Crippen LogP contribution in [-0.4, -0.2) is 58.0 Å². The average molecular weight is 433 g/mol. The first-order chi connectivity index (χ1) is 14.4. The van der Waals surface area contributed by atoms with Gasteiger partial charge in [-0.25, -0.2) is 13.1 Å². The van der Waals surface area contributed by atoms with Gasteiger partial charge in [0, 0.05) is 19.1 Å². The van der Waals surface area contributed by atoms with Gasteiger partial charge in [-0.1, -0.05) is 6.92 Å². The number of carbonyl (C=O) groups excluding carboxylic acids is 1. The predicted octanol–water partition coefficient (Wildman–Crippen LogP) is 1.76. The molecule has 9 nitrogen and oxygen atoms in total. The maximum Gasteiger partial charge on any atom is 0.243 e. The summed E-state index contributed by atoms with van der Waals surface area (Å²) in [7, 11) is -3.66. The van der Waals surface area contributed by atoms with E-state index in [2.05, 4.69) is 27.8 Å². The normalized spacial score (nSPS) is 25.7. The minimum Gasteiger partial charge on any atom is -0.353 e. The Morgan fingerprint density at radius 2 is 1.83 bits per heavy atom. The molecule has 1 amide bonds. The number of nitrogens with zero attached hydrogens (tertiary/aromatic N) is 5. The molecule has 1 unspecified atom stereocenters. The van der Waals surface area contributed by atoms with Crippen LogP contribution in [0.25, 0.3) is 5.69 Å². The first-order valence-electron chi connectivity index (χ1n) is 10.6. The van der Waals surface area contributed by atoms with E-state index in [9.17, 15) is 13.2 Å². The lowest BCUT2D eigenvalue weighted by Gasteiger charge is -2.33. The van der Waals surface area contributed by atoms with Crippen molar-refractivity contribution in [1.29, 1.82) is 0 Å². The molecule has 1 N–H and O–H groups in total. The SMILES string of the molecule is CC1CCC(NC(=O)C2CCCN(S(=O)(=O)c3ccc(-n4cnnn4)cc3)C2)CC1. The van der Waals surface area contributed by atoms with Crippen molar-refractivity contribution in [3.63, 3.8) is 0 Å². The molecule has 1 saturated carbocycles. The molecule has 1 aliphatic heterocycles. The molecular weight excluding hydrogens is 404 g/mol. The largest absolute Gasteiger partial charge is 0.353 e. The van der Waals surface area contributed by atoms with Gasteiger partial charge in [-0.2, -0.15) is 4.31 Å². The molecule has 1 aliphatic carbocycles. The van der Waals surface area contributed by atoms with Crippen LogP contribution in [-0.2, 0) is 14.8 Å². The molecule has 1 aromatic heterocycles. The van der Waals surface area contributed by atoms with Crippen LogP contribution in [0.15, 0.2) is 35.5 Å². The third-order valence-corrected chi connectivity index (χ3v) is 8.08. The lowest BCUT2D eigenvalue weighted by atomic mass is 9.87. The Balaban J connectivity index is 1.41. The van der Waals surface area contributed by atoms with Gasteiger partial charge in [0.05, 0.1) is 16.5 Å². The fourth-order valence-electron chi connectivity index (χ4n) is 4.30. The number of amides is 1. The van der Waals surface area contributed by atoms with Gasteiger partial charge in [0.2, 0.25) is 15.9 Å².